The molecule has 2 heteroatoms. The molecular weight excluding hydrogens is 264 g/mol. The number of hydrogen-bond donors (Lipinski definition) is 0. The van der Waals surface area contributed by atoms with Gasteiger partial charge in [-0.15, -0.1) is 0 Å². The maximum atomic E-state index is 10.2. The largest absolute Gasteiger partial charge is 0.458 e. The van der Waals surface area contributed by atoms with E-state index in [4.69, 9.17) is 0 Å². The second kappa shape index (κ2) is 19.0. The Morgan fingerprint density at radius 1 is 0.500 bits per heavy atom. The molecule has 0 aromatic carbocycles. The van der Waals surface area contributed by atoms with Gasteiger partial charge < -0.3 is 0 Å². The molecule has 0 amide bonds. The highest BCUT2D eigenvalue weighted by Gasteiger charge is 1.97. The maximum absolute atomic E-state index is 10.2. The lowest BCUT2D eigenvalue weighted by Crippen LogP contribution is -1.85. The van der Waals surface area contributed by atoms with Crippen LogP contribution in [-0.4, -0.2) is 5.75 Å². The summed E-state index contributed by atoms with van der Waals surface area (Å²) in [6.45, 7) is 2.28. The summed E-state index contributed by atoms with van der Waals surface area (Å²) >= 11 is 0.738. The topological polar surface area (TPSA) is 17.1 Å². The van der Waals surface area contributed by atoms with E-state index in [1.165, 1.54) is 96.3 Å². The monoisotopic (exact) mass is 301 g/mol. The fraction of sp³-hybridized carbons (Fsp3) is 1.00. The van der Waals surface area contributed by atoms with Crippen molar-refractivity contribution in [3.8, 4) is 0 Å². The lowest BCUT2D eigenvalue weighted by molar-refractivity contribution is 0.531. The van der Waals surface area contributed by atoms with E-state index in [9.17, 15) is 4.21 Å². The summed E-state index contributed by atoms with van der Waals surface area (Å²) in [7, 11) is 0. The molecular formula is C18H37OS+. The third-order valence-electron chi connectivity index (χ3n) is 4.08. The van der Waals surface area contributed by atoms with Crippen molar-refractivity contribution in [2.45, 2.75) is 110 Å². The SMILES string of the molecule is CCCCCCCCCCCCCCCCCC[S+]=O. The molecule has 0 saturated heterocycles. The smallest absolute Gasteiger partial charge is 0.0654 e. The highest BCUT2D eigenvalue weighted by Crippen LogP contribution is 2.13. The van der Waals surface area contributed by atoms with E-state index in [0.717, 1.165) is 23.8 Å². The van der Waals surface area contributed by atoms with Gasteiger partial charge in [0.2, 0.25) is 5.75 Å². The van der Waals surface area contributed by atoms with Crippen molar-refractivity contribution in [2.24, 2.45) is 0 Å². The van der Waals surface area contributed by atoms with Crippen molar-refractivity contribution in [3.05, 3.63) is 0 Å². The minimum Gasteiger partial charge on any atom is -0.0654 e. The molecule has 0 rings (SSSR count). The predicted octanol–water partition coefficient (Wildman–Crippen LogP) is 6.68. The summed E-state index contributed by atoms with van der Waals surface area (Å²) in [6, 6.07) is 0. The number of unbranched alkanes of at least 4 members (excludes halogenated alkanes) is 15. The first kappa shape index (κ1) is 20.0. The molecule has 0 saturated carbocycles. The minimum atomic E-state index is 0.738. The van der Waals surface area contributed by atoms with E-state index in [1.807, 2.05) is 0 Å². The molecule has 0 heterocycles. The summed E-state index contributed by atoms with van der Waals surface area (Å²) in [5, 5.41) is 0. The third-order valence-corrected chi connectivity index (χ3v) is 4.54. The van der Waals surface area contributed by atoms with Gasteiger partial charge >= 0.3 is 11.7 Å². The Kier molecular flexibility index (Phi) is 19.0. The highest BCUT2D eigenvalue weighted by atomic mass is 32.1. The van der Waals surface area contributed by atoms with Crippen LogP contribution >= 0.6 is 0 Å². The van der Waals surface area contributed by atoms with Crippen LogP contribution in [0.3, 0.4) is 0 Å². The second-order valence-electron chi connectivity index (χ2n) is 6.13. The van der Waals surface area contributed by atoms with E-state index < -0.39 is 0 Å². The quantitative estimate of drug-likeness (QED) is 0.216. The molecule has 0 radical (unpaired) electrons. The van der Waals surface area contributed by atoms with Crippen molar-refractivity contribution < 1.29 is 4.21 Å². The molecule has 0 unspecified atom stereocenters. The summed E-state index contributed by atoms with van der Waals surface area (Å²) in [5.41, 5.74) is 0. The lowest BCUT2D eigenvalue weighted by Gasteiger charge is -2.02. The molecule has 0 aliphatic heterocycles. The van der Waals surface area contributed by atoms with Crippen molar-refractivity contribution >= 4 is 11.7 Å². The van der Waals surface area contributed by atoms with E-state index in [0.29, 0.717) is 0 Å². The highest BCUT2D eigenvalue weighted by molar-refractivity contribution is 7.65. The van der Waals surface area contributed by atoms with Crippen LogP contribution in [0.15, 0.2) is 0 Å². The zero-order valence-corrected chi connectivity index (χ0v) is 14.7. The van der Waals surface area contributed by atoms with Gasteiger partial charge in [0.1, 0.15) is 0 Å². The summed E-state index contributed by atoms with van der Waals surface area (Å²) in [4.78, 5) is 0. The second-order valence-corrected chi connectivity index (χ2v) is 6.77. The van der Waals surface area contributed by atoms with Crippen molar-refractivity contribution in [3.63, 3.8) is 0 Å². The van der Waals surface area contributed by atoms with Gasteiger partial charge in [-0.05, 0) is 6.42 Å². The van der Waals surface area contributed by atoms with Gasteiger partial charge in [0.25, 0.3) is 0 Å². The fourth-order valence-electron chi connectivity index (χ4n) is 2.71. The average molecular weight is 302 g/mol. The van der Waals surface area contributed by atoms with E-state index in [2.05, 4.69) is 6.92 Å². The van der Waals surface area contributed by atoms with Crippen LogP contribution in [0.25, 0.3) is 0 Å². The Morgan fingerprint density at radius 3 is 1.10 bits per heavy atom. The molecule has 0 fully saturated rings. The standard InChI is InChI=1S/C18H37OS/c1-2-3-4-5-6-7-8-9-10-11-12-13-14-15-16-17-18-20-19/h2-18H2,1H3/q+1. The van der Waals surface area contributed by atoms with Gasteiger partial charge in [-0.1, -0.05) is 96.8 Å². The Hall–Kier alpha value is 0.0200. The fourth-order valence-corrected chi connectivity index (χ4v) is 3.03. The van der Waals surface area contributed by atoms with Crippen molar-refractivity contribution in [1.82, 2.24) is 0 Å². The average Bonchev–Trinajstić information content (AvgIpc) is 2.47. The van der Waals surface area contributed by atoms with Gasteiger partial charge in [-0.3, -0.25) is 0 Å². The summed E-state index contributed by atoms with van der Waals surface area (Å²) in [5.74, 6) is 0.804. The molecule has 0 aromatic rings. The van der Waals surface area contributed by atoms with Gasteiger partial charge in [0.15, 0.2) is 0 Å². The molecule has 0 N–H and O–H groups in total. The first-order valence-corrected chi connectivity index (χ1v) is 10.1. The van der Waals surface area contributed by atoms with Crippen molar-refractivity contribution in [2.75, 3.05) is 5.75 Å². The van der Waals surface area contributed by atoms with E-state index in [-0.39, 0.29) is 0 Å². The Morgan fingerprint density at radius 2 is 0.800 bits per heavy atom. The lowest BCUT2D eigenvalue weighted by atomic mass is 10.0. The molecule has 0 aromatic heterocycles. The van der Waals surface area contributed by atoms with Crippen LogP contribution in [0, 0.1) is 0 Å². The Balaban J connectivity index is 2.90. The third kappa shape index (κ3) is 18.0. The zero-order valence-electron chi connectivity index (χ0n) is 13.8. The molecule has 0 aliphatic carbocycles. The van der Waals surface area contributed by atoms with Gasteiger partial charge in [0.05, 0.1) is 0 Å². The summed E-state index contributed by atoms with van der Waals surface area (Å²) < 4.78 is 10.2. The minimum absolute atomic E-state index is 0.738. The van der Waals surface area contributed by atoms with Crippen LogP contribution in [0.2, 0.25) is 0 Å². The van der Waals surface area contributed by atoms with Crippen LogP contribution < -0.4 is 0 Å². The van der Waals surface area contributed by atoms with Crippen molar-refractivity contribution in [1.29, 1.82) is 0 Å². The molecule has 0 atom stereocenters. The summed E-state index contributed by atoms with van der Waals surface area (Å²) in [6.07, 6.45) is 22.3. The van der Waals surface area contributed by atoms with Crippen LogP contribution in [-0.2, 0) is 15.9 Å². The normalized spacial score (nSPS) is 10.8. The van der Waals surface area contributed by atoms with Gasteiger partial charge in [-0.25, -0.2) is 0 Å². The zero-order chi connectivity index (χ0) is 14.7. The maximum Gasteiger partial charge on any atom is 0.458 e. The molecule has 20 heavy (non-hydrogen) atoms. The van der Waals surface area contributed by atoms with Crippen LogP contribution in [0.1, 0.15) is 110 Å². The molecule has 0 spiro atoms. The van der Waals surface area contributed by atoms with E-state index >= 15 is 0 Å². The Bertz CT molecular complexity index is 182. The molecule has 0 aliphatic rings. The first-order chi connectivity index (χ1) is 9.91. The molecule has 120 valence electrons. The molecule has 0 bridgehead atoms. The van der Waals surface area contributed by atoms with Crippen LogP contribution in [0.5, 0.6) is 0 Å². The van der Waals surface area contributed by atoms with Crippen LogP contribution in [0.4, 0.5) is 0 Å². The first-order valence-electron chi connectivity index (χ1n) is 9.16. The predicted molar refractivity (Wildman–Crippen MR) is 92.5 cm³/mol. The molecule has 1 nitrogen and oxygen atoms in total. The number of hydrogen-bond acceptors (Lipinski definition) is 1. The Labute approximate surface area is 131 Å². The van der Waals surface area contributed by atoms with E-state index in [1.54, 1.807) is 0 Å². The van der Waals surface area contributed by atoms with Gasteiger partial charge in [-0.2, -0.15) is 0 Å². The van der Waals surface area contributed by atoms with Gasteiger partial charge in [0, 0.05) is 10.6 Å². The number of rotatable bonds is 17.